The molecule has 2 nitrogen and oxygen atoms in total. The molecule has 0 spiro atoms. The van der Waals surface area contributed by atoms with Crippen molar-refractivity contribution in [1.82, 2.24) is 0 Å². The Morgan fingerprint density at radius 2 is 1.95 bits per heavy atom. The van der Waals surface area contributed by atoms with Crippen LogP contribution in [0.1, 0.15) is 16.7 Å². The van der Waals surface area contributed by atoms with Gasteiger partial charge in [0.05, 0.1) is 0 Å². The highest BCUT2D eigenvalue weighted by Crippen LogP contribution is 2.26. The van der Waals surface area contributed by atoms with Crippen LogP contribution in [-0.4, -0.2) is 19.6 Å². The average molecular weight is 266 g/mol. The van der Waals surface area contributed by atoms with Crippen LogP contribution in [-0.2, 0) is 6.42 Å². The average Bonchev–Trinajstić information content (AvgIpc) is 2.85. The van der Waals surface area contributed by atoms with Crippen molar-refractivity contribution in [2.45, 2.75) is 20.3 Å². The van der Waals surface area contributed by atoms with Crippen LogP contribution < -0.4 is 10.2 Å². The topological polar surface area (TPSA) is 15.3 Å². The molecular formula is C18H22N2. The lowest BCUT2D eigenvalue weighted by atomic mass is 10.1. The second-order valence-electron chi connectivity index (χ2n) is 5.61. The van der Waals surface area contributed by atoms with Gasteiger partial charge in [-0.2, -0.15) is 0 Å². The lowest BCUT2D eigenvalue weighted by Gasteiger charge is -2.20. The number of nitrogens with one attached hydrogen (secondary N) is 1. The van der Waals surface area contributed by atoms with Gasteiger partial charge in [-0.3, -0.25) is 0 Å². The molecule has 1 aliphatic rings. The summed E-state index contributed by atoms with van der Waals surface area (Å²) in [5, 5.41) is 3.56. The van der Waals surface area contributed by atoms with E-state index in [1.165, 1.54) is 34.5 Å². The van der Waals surface area contributed by atoms with E-state index in [-0.39, 0.29) is 0 Å². The van der Waals surface area contributed by atoms with Crippen molar-refractivity contribution in [1.29, 1.82) is 0 Å². The van der Waals surface area contributed by atoms with Gasteiger partial charge in [0.2, 0.25) is 0 Å². The Morgan fingerprint density at radius 3 is 2.80 bits per heavy atom. The van der Waals surface area contributed by atoms with Gasteiger partial charge in [-0.05, 0) is 43.5 Å². The van der Waals surface area contributed by atoms with Crippen molar-refractivity contribution in [3.05, 3.63) is 59.2 Å². The summed E-state index contributed by atoms with van der Waals surface area (Å²) in [5.74, 6) is 0. The molecule has 0 bridgehead atoms. The van der Waals surface area contributed by atoms with Gasteiger partial charge >= 0.3 is 0 Å². The summed E-state index contributed by atoms with van der Waals surface area (Å²) in [6.07, 6.45) is 1.18. The van der Waals surface area contributed by atoms with Gasteiger partial charge in [-0.25, -0.2) is 0 Å². The third-order valence-corrected chi connectivity index (χ3v) is 4.06. The van der Waals surface area contributed by atoms with Crippen molar-refractivity contribution < 1.29 is 0 Å². The number of anilines is 2. The van der Waals surface area contributed by atoms with Crippen LogP contribution in [0.4, 0.5) is 11.4 Å². The molecule has 20 heavy (non-hydrogen) atoms. The minimum absolute atomic E-state index is 0.984. The molecule has 1 heterocycles. The second-order valence-corrected chi connectivity index (χ2v) is 5.61. The van der Waals surface area contributed by atoms with E-state index in [9.17, 15) is 0 Å². The molecule has 3 rings (SSSR count). The molecule has 0 unspecified atom stereocenters. The van der Waals surface area contributed by atoms with Crippen LogP contribution in [0.25, 0.3) is 0 Å². The number of hydrogen-bond donors (Lipinski definition) is 1. The number of aryl methyl sites for hydroxylation is 2. The number of benzene rings is 2. The largest absolute Gasteiger partial charge is 0.383 e. The molecule has 0 aromatic heterocycles. The van der Waals surface area contributed by atoms with E-state index in [2.05, 4.69) is 66.5 Å². The molecule has 0 saturated heterocycles. The van der Waals surface area contributed by atoms with E-state index in [4.69, 9.17) is 0 Å². The maximum absolute atomic E-state index is 3.56. The summed E-state index contributed by atoms with van der Waals surface area (Å²) in [7, 11) is 0. The summed E-state index contributed by atoms with van der Waals surface area (Å²) in [6, 6.07) is 15.3. The zero-order valence-corrected chi connectivity index (χ0v) is 12.3. The van der Waals surface area contributed by atoms with Gasteiger partial charge in [-0.1, -0.05) is 35.9 Å². The normalized spacial score (nSPS) is 13.4. The van der Waals surface area contributed by atoms with Crippen LogP contribution >= 0.6 is 0 Å². The fourth-order valence-corrected chi connectivity index (χ4v) is 2.98. The number of fused-ring (bicyclic) bond motifs is 1. The fraction of sp³-hybridized carbons (Fsp3) is 0.333. The highest BCUT2D eigenvalue weighted by molar-refractivity contribution is 5.58. The first-order valence-electron chi connectivity index (χ1n) is 7.38. The highest BCUT2D eigenvalue weighted by atomic mass is 15.2. The molecule has 0 fully saturated rings. The second kappa shape index (κ2) is 5.58. The molecule has 0 saturated carbocycles. The molecule has 0 aliphatic carbocycles. The van der Waals surface area contributed by atoms with Gasteiger partial charge in [0.25, 0.3) is 0 Å². The lowest BCUT2D eigenvalue weighted by molar-refractivity contribution is 0.838. The summed E-state index contributed by atoms with van der Waals surface area (Å²) in [6.45, 7) is 7.49. The number of nitrogens with zero attached hydrogens (tertiary/aromatic N) is 1. The fourth-order valence-electron chi connectivity index (χ4n) is 2.98. The van der Waals surface area contributed by atoms with Crippen LogP contribution in [0, 0.1) is 13.8 Å². The molecular weight excluding hydrogens is 244 g/mol. The first-order valence-corrected chi connectivity index (χ1v) is 7.38. The van der Waals surface area contributed by atoms with Gasteiger partial charge in [0, 0.05) is 31.0 Å². The SMILES string of the molecule is Cc1ccc(NCCN2CCc3ccccc32)c(C)c1. The Balaban J connectivity index is 1.59. The summed E-state index contributed by atoms with van der Waals surface area (Å²) < 4.78 is 0. The Hall–Kier alpha value is -1.96. The molecule has 0 radical (unpaired) electrons. The maximum Gasteiger partial charge on any atom is 0.0400 e. The Labute approximate surface area is 121 Å². The minimum atomic E-state index is 0.984. The number of para-hydroxylation sites is 1. The first kappa shape index (κ1) is 13.0. The third kappa shape index (κ3) is 2.64. The predicted molar refractivity (Wildman–Crippen MR) is 86.8 cm³/mol. The Kier molecular flexibility index (Phi) is 3.64. The van der Waals surface area contributed by atoms with Gasteiger partial charge in [-0.15, -0.1) is 0 Å². The number of hydrogen-bond acceptors (Lipinski definition) is 2. The summed E-state index contributed by atoms with van der Waals surface area (Å²) >= 11 is 0. The van der Waals surface area contributed by atoms with Gasteiger partial charge in [0.1, 0.15) is 0 Å². The molecule has 1 N–H and O–H groups in total. The minimum Gasteiger partial charge on any atom is -0.383 e. The van der Waals surface area contributed by atoms with Crippen molar-refractivity contribution in [3.63, 3.8) is 0 Å². The van der Waals surface area contributed by atoms with Crippen LogP contribution in [0.5, 0.6) is 0 Å². The van der Waals surface area contributed by atoms with E-state index in [1.807, 2.05) is 0 Å². The Bertz CT molecular complexity index is 604. The van der Waals surface area contributed by atoms with Crippen LogP contribution in [0.2, 0.25) is 0 Å². The molecule has 1 aliphatic heterocycles. The van der Waals surface area contributed by atoms with E-state index in [1.54, 1.807) is 0 Å². The molecule has 0 amide bonds. The van der Waals surface area contributed by atoms with Crippen molar-refractivity contribution in [2.75, 3.05) is 29.9 Å². The Morgan fingerprint density at radius 1 is 1.10 bits per heavy atom. The highest BCUT2D eigenvalue weighted by Gasteiger charge is 2.17. The van der Waals surface area contributed by atoms with E-state index >= 15 is 0 Å². The maximum atomic E-state index is 3.56. The quantitative estimate of drug-likeness (QED) is 0.906. The third-order valence-electron chi connectivity index (χ3n) is 4.06. The van der Waals surface area contributed by atoms with E-state index in [0.29, 0.717) is 0 Å². The molecule has 2 aromatic carbocycles. The van der Waals surface area contributed by atoms with Gasteiger partial charge < -0.3 is 10.2 Å². The van der Waals surface area contributed by atoms with Crippen LogP contribution in [0.3, 0.4) is 0 Å². The van der Waals surface area contributed by atoms with Crippen molar-refractivity contribution >= 4 is 11.4 Å². The zero-order chi connectivity index (χ0) is 13.9. The molecule has 2 heteroatoms. The molecule has 2 aromatic rings. The first-order chi connectivity index (χ1) is 9.74. The smallest absolute Gasteiger partial charge is 0.0400 e. The van der Waals surface area contributed by atoms with Crippen LogP contribution in [0.15, 0.2) is 42.5 Å². The van der Waals surface area contributed by atoms with E-state index in [0.717, 1.165) is 19.6 Å². The summed E-state index contributed by atoms with van der Waals surface area (Å²) in [4.78, 5) is 2.48. The lowest BCUT2D eigenvalue weighted by Crippen LogP contribution is -2.27. The van der Waals surface area contributed by atoms with Gasteiger partial charge in [0.15, 0.2) is 0 Å². The monoisotopic (exact) mass is 266 g/mol. The van der Waals surface area contributed by atoms with Crippen molar-refractivity contribution in [3.8, 4) is 0 Å². The van der Waals surface area contributed by atoms with Crippen molar-refractivity contribution in [2.24, 2.45) is 0 Å². The molecule has 0 atom stereocenters. The summed E-state index contributed by atoms with van der Waals surface area (Å²) in [5.41, 5.74) is 6.80. The standard InChI is InChI=1S/C18H22N2/c1-14-7-8-17(15(2)13-14)19-10-12-20-11-9-16-5-3-4-6-18(16)20/h3-8,13,19H,9-12H2,1-2H3. The predicted octanol–water partition coefficient (Wildman–Crippen LogP) is 3.78. The molecule has 104 valence electrons. The number of rotatable bonds is 4. The van der Waals surface area contributed by atoms with E-state index < -0.39 is 0 Å². The zero-order valence-electron chi connectivity index (χ0n) is 12.3.